The Hall–Kier alpha value is -1.40. The van der Waals surface area contributed by atoms with Crippen LogP contribution < -0.4 is 5.32 Å². The molecule has 0 radical (unpaired) electrons. The topological polar surface area (TPSA) is 62.2 Å². The molecule has 0 saturated heterocycles. The van der Waals surface area contributed by atoms with Crippen LogP contribution in [0, 0.1) is 0 Å². The van der Waals surface area contributed by atoms with E-state index in [-0.39, 0.29) is 0 Å². The van der Waals surface area contributed by atoms with Crippen molar-refractivity contribution < 1.29 is 9.90 Å². The van der Waals surface area contributed by atoms with Gasteiger partial charge in [-0.1, -0.05) is 18.2 Å². The van der Waals surface area contributed by atoms with Gasteiger partial charge in [-0.25, -0.2) is 4.79 Å². The number of benzene rings is 1. The van der Waals surface area contributed by atoms with Crippen molar-refractivity contribution in [2.75, 3.05) is 5.32 Å². The molecule has 1 unspecified atom stereocenters. The molecule has 0 spiro atoms. The van der Waals surface area contributed by atoms with Crippen molar-refractivity contribution in [1.82, 2.24) is 4.98 Å². The van der Waals surface area contributed by atoms with Crippen LogP contribution in [-0.2, 0) is 4.79 Å². The van der Waals surface area contributed by atoms with Gasteiger partial charge in [-0.2, -0.15) is 0 Å². The highest BCUT2D eigenvalue weighted by Crippen LogP contribution is 2.27. The van der Waals surface area contributed by atoms with Crippen LogP contribution in [-0.4, -0.2) is 16.1 Å². The minimum absolute atomic E-state index is 0.430. The number of halogens is 2. The van der Waals surface area contributed by atoms with Gasteiger partial charge in [-0.3, -0.25) is 4.98 Å². The predicted octanol–water partition coefficient (Wildman–Crippen LogP) is 3.84. The third-order valence-electron chi connectivity index (χ3n) is 2.44. The third-order valence-corrected chi connectivity index (χ3v) is 3.51. The molecule has 0 saturated carbocycles. The maximum atomic E-state index is 11.4. The van der Waals surface area contributed by atoms with Crippen molar-refractivity contribution in [1.29, 1.82) is 0 Å². The monoisotopic (exact) mass is 384 g/mol. The minimum atomic E-state index is -0.987. The maximum Gasteiger partial charge on any atom is 0.332 e. The van der Waals surface area contributed by atoms with Crippen molar-refractivity contribution in [2.24, 2.45) is 0 Å². The first-order valence-corrected chi connectivity index (χ1v) is 7.02. The smallest absolute Gasteiger partial charge is 0.332 e. The van der Waals surface area contributed by atoms with E-state index in [9.17, 15) is 9.90 Å². The molecule has 1 heterocycles. The van der Waals surface area contributed by atoms with E-state index < -0.39 is 12.0 Å². The van der Waals surface area contributed by atoms with Gasteiger partial charge in [0.05, 0.1) is 5.69 Å². The second-order valence-corrected chi connectivity index (χ2v) is 5.57. The SMILES string of the molecule is O=C(O)C(Nc1ccccc1)c1ncc(Br)cc1Br. The van der Waals surface area contributed by atoms with E-state index >= 15 is 0 Å². The molecule has 0 amide bonds. The molecule has 0 aliphatic carbocycles. The van der Waals surface area contributed by atoms with Crippen molar-refractivity contribution in [3.8, 4) is 0 Å². The number of hydrogen-bond acceptors (Lipinski definition) is 3. The lowest BCUT2D eigenvalue weighted by atomic mass is 10.1. The Balaban J connectivity index is 2.33. The Labute approximate surface area is 127 Å². The summed E-state index contributed by atoms with van der Waals surface area (Å²) in [5, 5.41) is 12.3. The minimum Gasteiger partial charge on any atom is -0.479 e. The van der Waals surface area contributed by atoms with E-state index in [1.54, 1.807) is 12.3 Å². The molecule has 2 aromatic rings. The molecule has 1 atom stereocenters. The summed E-state index contributed by atoms with van der Waals surface area (Å²) in [6.45, 7) is 0. The van der Waals surface area contributed by atoms with Crippen LogP contribution >= 0.6 is 31.9 Å². The van der Waals surface area contributed by atoms with Crippen LogP contribution in [0.4, 0.5) is 5.69 Å². The van der Waals surface area contributed by atoms with Gasteiger partial charge in [0.25, 0.3) is 0 Å². The first-order valence-electron chi connectivity index (χ1n) is 5.43. The molecule has 6 heteroatoms. The van der Waals surface area contributed by atoms with Gasteiger partial charge in [0.1, 0.15) is 0 Å². The van der Waals surface area contributed by atoms with E-state index in [2.05, 4.69) is 42.2 Å². The second kappa shape index (κ2) is 6.16. The molecule has 4 nitrogen and oxygen atoms in total. The zero-order chi connectivity index (χ0) is 13.8. The summed E-state index contributed by atoms with van der Waals surface area (Å²) < 4.78 is 1.42. The Bertz CT molecular complexity index is 590. The Morgan fingerprint density at radius 1 is 1.26 bits per heavy atom. The van der Waals surface area contributed by atoms with Gasteiger partial charge in [-0.15, -0.1) is 0 Å². The zero-order valence-electron chi connectivity index (χ0n) is 9.68. The molecule has 1 aromatic heterocycles. The molecular weight excluding hydrogens is 376 g/mol. The number of para-hydroxylation sites is 1. The molecule has 0 aliphatic rings. The average molecular weight is 386 g/mol. The summed E-state index contributed by atoms with van der Waals surface area (Å²) in [5.74, 6) is -0.987. The lowest BCUT2D eigenvalue weighted by Crippen LogP contribution is -2.22. The van der Waals surface area contributed by atoms with Crippen molar-refractivity contribution in [2.45, 2.75) is 6.04 Å². The van der Waals surface area contributed by atoms with Gasteiger partial charge in [0.15, 0.2) is 6.04 Å². The number of nitrogens with one attached hydrogen (secondary N) is 1. The predicted molar refractivity (Wildman–Crippen MR) is 80.1 cm³/mol. The molecule has 0 aliphatic heterocycles. The second-order valence-electron chi connectivity index (χ2n) is 3.80. The van der Waals surface area contributed by atoms with Crippen LogP contribution in [0.15, 0.2) is 51.5 Å². The van der Waals surface area contributed by atoms with Crippen LogP contribution in [0.25, 0.3) is 0 Å². The fourth-order valence-electron chi connectivity index (χ4n) is 1.59. The van der Waals surface area contributed by atoms with E-state index in [0.29, 0.717) is 10.2 Å². The maximum absolute atomic E-state index is 11.4. The largest absolute Gasteiger partial charge is 0.479 e. The summed E-state index contributed by atoms with van der Waals surface area (Å²) in [4.78, 5) is 15.6. The number of pyridine rings is 1. The van der Waals surface area contributed by atoms with Crippen LogP contribution in [0.3, 0.4) is 0 Å². The first kappa shape index (κ1) is 14.0. The zero-order valence-corrected chi connectivity index (χ0v) is 12.8. The number of aliphatic carboxylic acids is 1. The van der Waals surface area contributed by atoms with E-state index in [4.69, 9.17) is 0 Å². The summed E-state index contributed by atoms with van der Waals surface area (Å²) in [7, 11) is 0. The fourth-order valence-corrected chi connectivity index (χ4v) is 2.80. The third kappa shape index (κ3) is 3.54. The molecule has 0 fully saturated rings. The molecule has 1 aromatic carbocycles. The van der Waals surface area contributed by atoms with Crippen LogP contribution in [0.2, 0.25) is 0 Å². The summed E-state index contributed by atoms with van der Waals surface area (Å²) in [5.41, 5.74) is 1.16. The lowest BCUT2D eigenvalue weighted by molar-refractivity contribution is -0.138. The van der Waals surface area contributed by atoms with Gasteiger partial charge in [0, 0.05) is 20.8 Å². The van der Waals surface area contributed by atoms with E-state index in [0.717, 1.165) is 10.2 Å². The number of carboxylic acid groups (broad SMARTS) is 1. The highest BCUT2D eigenvalue weighted by molar-refractivity contribution is 9.11. The lowest BCUT2D eigenvalue weighted by Gasteiger charge is -2.16. The quantitative estimate of drug-likeness (QED) is 0.839. The van der Waals surface area contributed by atoms with Crippen molar-refractivity contribution in [3.05, 3.63) is 57.2 Å². The van der Waals surface area contributed by atoms with Gasteiger partial charge in [0.2, 0.25) is 0 Å². The Morgan fingerprint density at radius 2 is 1.95 bits per heavy atom. The summed E-state index contributed by atoms with van der Waals surface area (Å²) in [6.07, 6.45) is 1.57. The molecule has 2 N–H and O–H groups in total. The Kier molecular flexibility index (Phi) is 4.55. The highest BCUT2D eigenvalue weighted by atomic mass is 79.9. The summed E-state index contributed by atoms with van der Waals surface area (Å²) >= 11 is 6.62. The Morgan fingerprint density at radius 3 is 2.53 bits per heavy atom. The van der Waals surface area contributed by atoms with Crippen molar-refractivity contribution >= 4 is 43.5 Å². The van der Waals surface area contributed by atoms with Crippen LogP contribution in [0.5, 0.6) is 0 Å². The number of carboxylic acids is 1. The summed E-state index contributed by atoms with van der Waals surface area (Å²) in [6, 6.07) is 10.0. The first-order chi connectivity index (χ1) is 9.08. The van der Waals surface area contributed by atoms with Gasteiger partial charge in [-0.05, 0) is 50.1 Å². The van der Waals surface area contributed by atoms with Crippen molar-refractivity contribution in [3.63, 3.8) is 0 Å². The van der Waals surface area contributed by atoms with E-state index in [1.165, 1.54) is 0 Å². The average Bonchev–Trinajstić information content (AvgIpc) is 2.38. The molecule has 98 valence electrons. The number of rotatable bonds is 4. The molecule has 2 rings (SSSR count). The van der Waals surface area contributed by atoms with Gasteiger partial charge >= 0.3 is 5.97 Å². The van der Waals surface area contributed by atoms with Gasteiger partial charge < -0.3 is 10.4 Å². The number of carbonyl (C=O) groups is 1. The number of hydrogen-bond donors (Lipinski definition) is 2. The number of nitrogens with zero attached hydrogens (tertiary/aromatic N) is 1. The fraction of sp³-hybridized carbons (Fsp3) is 0.0769. The molecule has 19 heavy (non-hydrogen) atoms. The number of anilines is 1. The normalized spacial score (nSPS) is 11.9. The molecular formula is C13H10Br2N2O2. The number of aromatic nitrogens is 1. The highest BCUT2D eigenvalue weighted by Gasteiger charge is 2.23. The molecule has 0 bridgehead atoms. The standard InChI is InChI=1S/C13H10Br2N2O2/c14-8-6-10(15)11(16-7-8)12(13(18)19)17-9-4-2-1-3-5-9/h1-7,12,17H,(H,18,19). The van der Waals surface area contributed by atoms with Crippen LogP contribution in [0.1, 0.15) is 11.7 Å². The van der Waals surface area contributed by atoms with E-state index in [1.807, 2.05) is 30.3 Å².